The minimum atomic E-state index is 0.129. The van der Waals surface area contributed by atoms with Crippen molar-refractivity contribution in [1.29, 1.82) is 0 Å². The Balaban J connectivity index is 1.61. The smallest absolute Gasteiger partial charge is 0.255 e. The molecule has 1 heterocycles. The molecular formula is C15H18Br2N2O. The first-order valence-electron chi connectivity index (χ1n) is 7.10. The number of carbonyl (C=O) groups is 1. The summed E-state index contributed by atoms with van der Waals surface area (Å²) in [5, 5.41) is 0. The molecule has 3 nitrogen and oxygen atoms in total. The summed E-state index contributed by atoms with van der Waals surface area (Å²) in [5.41, 5.74) is 0.745. The number of amides is 1. The average Bonchev–Trinajstić information content (AvgIpc) is 3.26. The lowest BCUT2D eigenvalue weighted by molar-refractivity contribution is 0.0631. The van der Waals surface area contributed by atoms with Crippen LogP contribution in [-0.2, 0) is 0 Å². The van der Waals surface area contributed by atoms with Gasteiger partial charge in [-0.25, -0.2) is 0 Å². The molecule has 20 heavy (non-hydrogen) atoms. The fourth-order valence-electron chi connectivity index (χ4n) is 2.63. The van der Waals surface area contributed by atoms with E-state index in [1.54, 1.807) is 0 Å². The maximum absolute atomic E-state index is 12.6. The molecule has 0 aromatic heterocycles. The highest BCUT2D eigenvalue weighted by molar-refractivity contribution is 9.11. The highest BCUT2D eigenvalue weighted by atomic mass is 79.9. The first-order chi connectivity index (χ1) is 9.63. The fraction of sp³-hybridized carbons (Fsp3) is 0.533. The molecule has 0 bridgehead atoms. The molecule has 1 amide bonds. The fourth-order valence-corrected chi connectivity index (χ4v) is 3.41. The van der Waals surface area contributed by atoms with E-state index in [-0.39, 0.29) is 5.91 Å². The minimum absolute atomic E-state index is 0.129. The molecule has 0 spiro atoms. The second kappa shape index (κ2) is 6.16. The molecule has 0 atom stereocenters. The van der Waals surface area contributed by atoms with E-state index in [0.717, 1.165) is 46.6 Å². The molecule has 1 aliphatic heterocycles. The standard InChI is InChI=1S/C15H18Br2N2O/c16-12-3-4-14(17)13(9-12)15(20)19-7-5-18(6-8-19)10-11-1-2-11/h3-4,9,11H,1-2,5-8,10H2. The lowest BCUT2D eigenvalue weighted by Gasteiger charge is -2.35. The molecule has 1 saturated carbocycles. The van der Waals surface area contributed by atoms with Gasteiger partial charge in [-0.2, -0.15) is 0 Å². The Kier molecular flexibility index (Phi) is 4.48. The predicted octanol–water partition coefficient (Wildman–Crippen LogP) is 3.38. The van der Waals surface area contributed by atoms with Gasteiger partial charge < -0.3 is 4.90 Å². The molecule has 1 aliphatic carbocycles. The molecule has 2 aliphatic rings. The molecule has 3 rings (SSSR count). The zero-order valence-electron chi connectivity index (χ0n) is 11.3. The van der Waals surface area contributed by atoms with Gasteiger partial charge in [0.2, 0.25) is 0 Å². The summed E-state index contributed by atoms with van der Waals surface area (Å²) in [6.45, 7) is 4.92. The summed E-state index contributed by atoms with van der Waals surface area (Å²) in [6.07, 6.45) is 2.79. The lowest BCUT2D eigenvalue weighted by Crippen LogP contribution is -2.49. The molecule has 2 fully saturated rings. The van der Waals surface area contributed by atoms with Crippen LogP contribution in [0.1, 0.15) is 23.2 Å². The van der Waals surface area contributed by atoms with E-state index in [4.69, 9.17) is 0 Å². The van der Waals surface area contributed by atoms with E-state index in [9.17, 15) is 4.79 Å². The van der Waals surface area contributed by atoms with Gasteiger partial charge in [0.05, 0.1) is 5.56 Å². The van der Waals surface area contributed by atoms with Crippen molar-refractivity contribution in [3.63, 3.8) is 0 Å². The van der Waals surface area contributed by atoms with Crippen molar-refractivity contribution in [2.24, 2.45) is 5.92 Å². The van der Waals surface area contributed by atoms with Crippen LogP contribution < -0.4 is 0 Å². The van der Waals surface area contributed by atoms with Crippen molar-refractivity contribution in [3.05, 3.63) is 32.7 Å². The van der Waals surface area contributed by atoms with Gasteiger partial charge in [0, 0.05) is 41.7 Å². The van der Waals surface area contributed by atoms with Crippen LogP contribution in [-0.4, -0.2) is 48.4 Å². The zero-order chi connectivity index (χ0) is 14.1. The summed E-state index contributed by atoms with van der Waals surface area (Å²) in [5.74, 6) is 1.06. The Hall–Kier alpha value is -0.390. The normalized spacial score (nSPS) is 20.2. The highest BCUT2D eigenvalue weighted by Gasteiger charge is 2.28. The average molecular weight is 402 g/mol. The second-order valence-corrected chi connectivity index (χ2v) is 7.43. The van der Waals surface area contributed by atoms with Crippen LogP contribution in [0.4, 0.5) is 0 Å². The first-order valence-corrected chi connectivity index (χ1v) is 8.69. The third-order valence-corrected chi connectivity index (χ3v) is 5.22. The van der Waals surface area contributed by atoms with E-state index in [0.29, 0.717) is 0 Å². The Bertz CT molecular complexity index is 509. The van der Waals surface area contributed by atoms with E-state index in [1.807, 2.05) is 23.1 Å². The van der Waals surface area contributed by atoms with Crippen LogP contribution in [0, 0.1) is 5.92 Å². The third-order valence-electron chi connectivity index (χ3n) is 4.03. The van der Waals surface area contributed by atoms with Crippen LogP contribution in [0.3, 0.4) is 0 Å². The predicted molar refractivity (Wildman–Crippen MR) is 86.9 cm³/mol. The number of piperazine rings is 1. The number of hydrogen-bond acceptors (Lipinski definition) is 2. The quantitative estimate of drug-likeness (QED) is 0.775. The minimum Gasteiger partial charge on any atom is -0.336 e. The van der Waals surface area contributed by atoms with Crippen LogP contribution in [0.15, 0.2) is 27.1 Å². The topological polar surface area (TPSA) is 23.6 Å². The Morgan fingerprint density at radius 1 is 1.15 bits per heavy atom. The van der Waals surface area contributed by atoms with Crippen molar-refractivity contribution in [2.75, 3.05) is 32.7 Å². The zero-order valence-corrected chi connectivity index (χ0v) is 14.5. The van der Waals surface area contributed by atoms with Crippen LogP contribution >= 0.6 is 31.9 Å². The Labute approximate surface area is 136 Å². The molecular weight excluding hydrogens is 384 g/mol. The lowest BCUT2D eigenvalue weighted by atomic mass is 10.2. The molecule has 1 saturated heterocycles. The number of nitrogens with zero attached hydrogens (tertiary/aromatic N) is 2. The van der Waals surface area contributed by atoms with Gasteiger partial charge in [0.25, 0.3) is 5.91 Å². The van der Waals surface area contributed by atoms with Crippen molar-refractivity contribution >= 4 is 37.8 Å². The van der Waals surface area contributed by atoms with Crippen molar-refractivity contribution in [1.82, 2.24) is 9.80 Å². The van der Waals surface area contributed by atoms with Gasteiger partial charge in [-0.3, -0.25) is 9.69 Å². The second-order valence-electron chi connectivity index (χ2n) is 5.66. The van der Waals surface area contributed by atoms with E-state index >= 15 is 0 Å². The van der Waals surface area contributed by atoms with Gasteiger partial charge >= 0.3 is 0 Å². The number of halogens is 2. The van der Waals surface area contributed by atoms with Crippen molar-refractivity contribution in [3.8, 4) is 0 Å². The van der Waals surface area contributed by atoms with Gasteiger partial charge in [-0.1, -0.05) is 15.9 Å². The van der Waals surface area contributed by atoms with E-state index in [1.165, 1.54) is 19.4 Å². The molecule has 1 aromatic rings. The monoisotopic (exact) mass is 400 g/mol. The van der Waals surface area contributed by atoms with Crippen LogP contribution in [0.25, 0.3) is 0 Å². The summed E-state index contributed by atoms with van der Waals surface area (Å²) in [4.78, 5) is 17.0. The maximum atomic E-state index is 12.6. The van der Waals surface area contributed by atoms with E-state index < -0.39 is 0 Å². The van der Waals surface area contributed by atoms with Crippen LogP contribution in [0.5, 0.6) is 0 Å². The summed E-state index contributed by atoms with van der Waals surface area (Å²) >= 11 is 6.90. The SMILES string of the molecule is O=C(c1cc(Br)ccc1Br)N1CCN(CC2CC2)CC1. The number of rotatable bonds is 3. The molecule has 0 N–H and O–H groups in total. The highest BCUT2D eigenvalue weighted by Crippen LogP contribution is 2.30. The summed E-state index contributed by atoms with van der Waals surface area (Å²) < 4.78 is 1.81. The van der Waals surface area contributed by atoms with Gasteiger partial charge in [-0.05, 0) is 52.9 Å². The van der Waals surface area contributed by atoms with E-state index in [2.05, 4.69) is 36.8 Å². The molecule has 0 radical (unpaired) electrons. The molecule has 1 aromatic carbocycles. The van der Waals surface area contributed by atoms with Gasteiger partial charge in [0.15, 0.2) is 0 Å². The number of hydrogen-bond donors (Lipinski definition) is 0. The number of benzene rings is 1. The van der Waals surface area contributed by atoms with Crippen molar-refractivity contribution in [2.45, 2.75) is 12.8 Å². The van der Waals surface area contributed by atoms with Gasteiger partial charge in [0.1, 0.15) is 0 Å². The first kappa shape index (κ1) is 14.5. The third kappa shape index (κ3) is 3.43. The summed E-state index contributed by atoms with van der Waals surface area (Å²) in [6, 6.07) is 5.75. The number of carbonyl (C=O) groups excluding carboxylic acids is 1. The van der Waals surface area contributed by atoms with Crippen LogP contribution in [0.2, 0.25) is 0 Å². The van der Waals surface area contributed by atoms with Crippen molar-refractivity contribution < 1.29 is 4.79 Å². The molecule has 0 unspecified atom stereocenters. The molecule has 5 heteroatoms. The Morgan fingerprint density at radius 2 is 1.85 bits per heavy atom. The summed E-state index contributed by atoms with van der Waals surface area (Å²) in [7, 11) is 0. The Morgan fingerprint density at radius 3 is 2.50 bits per heavy atom. The molecule has 108 valence electrons. The maximum Gasteiger partial charge on any atom is 0.255 e. The van der Waals surface area contributed by atoms with Gasteiger partial charge in [-0.15, -0.1) is 0 Å². The largest absolute Gasteiger partial charge is 0.336 e.